The summed E-state index contributed by atoms with van der Waals surface area (Å²) < 4.78 is 67.8. The normalized spacial score (nSPS) is 12.4. The number of carbonyl (C=O) groups excluding carboxylic acids is 2. The molecule has 6 nitrogen and oxygen atoms in total. The number of halogens is 4. The first kappa shape index (κ1) is 21.7. The van der Waals surface area contributed by atoms with Gasteiger partial charge in [0.15, 0.2) is 33.4 Å². The van der Waals surface area contributed by atoms with Crippen molar-refractivity contribution < 1.29 is 35.9 Å². The minimum absolute atomic E-state index is 0.114. The molecule has 2 aromatic carbocycles. The van der Waals surface area contributed by atoms with E-state index in [4.69, 9.17) is 16.3 Å². The molecule has 11 heteroatoms. The standard InChI is InChI=1S/C17H13ClF3NO5S/c1-8(16(23)22-13-6-5-12(19)14(20)15(13)21)27-17(24)10-7-9(28(2,25)26)3-4-11(10)18/h3-8H,1-2H3,(H,22,23)/t8-/m0/s1. The highest BCUT2D eigenvalue weighted by Crippen LogP contribution is 2.23. The lowest BCUT2D eigenvalue weighted by Crippen LogP contribution is -2.30. The number of rotatable bonds is 5. The molecule has 0 radical (unpaired) electrons. The molecule has 0 spiro atoms. The molecule has 0 aliphatic rings. The Morgan fingerprint density at radius 2 is 1.75 bits per heavy atom. The number of esters is 1. The fourth-order valence-electron chi connectivity index (χ4n) is 2.03. The Morgan fingerprint density at radius 3 is 2.36 bits per heavy atom. The molecule has 0 aliphatic carbocycles. The third-order valence-corrected chi connectivity index (χ3v) is 4.97. The van der Waals surface area contributed by atoms with Crippen LogP contribution in [-0.4, -0.2) is 32.7 Å². The average molecular weight is 436 g/mol. The Labute approximate surface area is 163 Å². The average Bonchev–Trinajstić information content (AvgIpc) is 2.61. The van der Waals surface area contributed by atoms with Gasteiger partial charge in [-0.25, -0.2) is 26.4 Å². The second-order valence-corrected chi connectivity index (χ2v) is 8.10. The molecule has 0 unspecified atom stereocenters. The molecule has 0 aromatic heterocycles. The van der Waals surface area contributed by atoms with Gasteiger partial charge < -0.3 is 10.1 Å². The summed E-state index contributed by atoms with van der Waals surface area (Å²) in [4.78, 5) is 24.1. The molecular formula is C17H13ClF3NO5S. The summed E-state index contributed by atoms with van der Waals surface area (Å²) in [5, 5.41) is 1.84. The summed E-state index contributed by atoms with van der Waals surface area (Å²) in [6, 6.07) is 4.76. The van der Waals surface area contributed by atoms with E-state index >= 15 is 0 Å². The molecule has 28 heavy (non-hydrogen) atoms. The van der Waals surface area contributed by atoms with Gasteiger partial charge in [-0.05, 0) is 37.3 Å². The Hall–Kier alpha value is -2.59. The predicted molar refractivity (Wildman–Crippen MR) is 94.4 cm³/mol. The van der Waals surface area contributed by atoms with Crippen LogP contribution < -0.4 is 5.32 Å². The van der Waals surface area contributed by atoms with E-state index in [1.807, 2.05) is 5.32 Å². The maximum Gasteiger partial charge on any atom is 0.340 e. The zero-order valence-corrected chi connectivity index (χ0v) is 16.0. The lowest BCUT2D eigenvalue weighted by atomic mass is 10.2. The van der Waals surface area contributed by atoms with Crippen LogP contribution in [0, 0.1) is 17.5 Å². The molecule has 0 saturated carbocycles. The first-order valence-corrected chi connectivity index (χ1v) is 9.83. The van der Waals surface area contributed by atoms with E-state index in [2.05, 4.69) is 0 Å². The van der Waals surface area contributed by atoms with Gasteiger partial charge in [0.1, 0.15) is 0 Å². The van der Waals surface area contributed by atoms with E-state index < -0.39 is 51.0 Å². The number of benzene rings is 2. The molecule has 0 fully saturated rings. The molecule has 1 amide bonds. The van der Waals surface area contributed by atoms with Crippen molar-refractivity contribution in [2.24, 2.45) is 0 Å². The van der Waals surface area contributed by atoms with Crippen molar-refractivity contribution in [2.45, 2.75) is 17.9 Å². The number of anilines is 1. The van der Waals surface area contributed by atoms with Gasteiger partial charge in [0, 0.05) is 6.26 Å². The summed E-state index contributed by atoms with van der Waals surface area (Å²) in [6.07, 6.45) is -0.560. The number of amides is 1. The van der Waals surface area contributed by atoms with Gasteiger partial charge in [-0.15, -0.1) is 0 Å². The number of sulfone groups is 1. The van der Waals surface area contributed by atoms with Crippen LogP contribution in [0.5, 0.6) is 0 Å². The van der Waals surface area contributed by atoms with E-state index in [1.54, 1.807) is 0 Å². The molecule has 1 atom stereocenters. The van der Waals surface area contributed by atoms with Gasteiger partial charge in [-0.1, -0.05) is 11.6 Å². The van der Waals surface area contributed by atoms with Gasteiger partial charge in [0.05, 0.1) is 21.2 Å². The lowest BCUT2D eigenvalue weighted by Gasteiger charge is -2.15. The highest BCUT2D eigenvalue weighted by atomic mass is 35.5. The van der Waals surface area contributed by atoms with Crippen molar-refractivity contribution in [3.8, 4) is 0 Å². The summed E-state index contributed by atoms with van der Waals surface area (Å²) in [6.45, 7) is 1.14. The molecule has 0 saturated heterocycles. The molecule has 2 aromatic rings. The Balaban J connectivity index is 2.16. The topological polar surface area (TPSA) is 89.5 Å². The van der Waals surface area contributed by atoms with Crippen LogP contribution >= 0.6 is 11.6 Å². The molecule has 2 rings (SSSR count). The van der Waals surface area contributed by atoms with Crippen LogP contribution in [0.4, 0.5) is 18.9 Å². The first-order valence-electron chi connectivity index (χ1n) is 7.56. The quantitative estimate of drug-likeness (QED) is 0.574. The number of carbonyl (C=O) groups is 2. The van der Waals surface area contributed by atoms with Crippen molar-refractivity contribution in [3.63, 3.8) is 0 Å². The van der Waals surface area contributed by atoms with Crippen LogP contribution in [0.1, 0.15) is 17.3 Å². The monoisotopic (exact) mass is 435 g/mol. The maximum atomic E-state index is 13.6. The highest BCUT2D eigenvalue weighted by molar-refractivity contribution is 7.90. The lowest BCUT2D eigenvalue weighted by molar-refractivity contribution is -0.123. The first-order chi connectivity index (χ1) is 12.9. The van der Waals surface area contributed by atoms with Crippen molar-refractivity contribution >= 4 is 39.0 Å². The van der Waals surface area contributed by atoms with Crippen LogP contribution in [0.15, 0.2) is 35.2 Å². The van der Waals surface area contributed by atoms with E-state index in [-0.39, 0.29) is 15.5 Å². The van der Waals surface area contributed by atoms with Crippen LogP contribution in [0.25, 0.3) is 0 Å². The van der Waals surface area contributed by atoms with E-state index in [9.17, 15) is 31.2 Å². The zero-order valence-electron chi connectivity index (χ0n) is 14.4. The zero-order chi connectivity index (χ0) is 21.2. The summed E-state index contributed by atoms with van der Waals surface area (Å²) in [5.41, 5.74) is -0.952. The summed E-state index contributed by atoms with van der Waals surface area (Å²) >= 11 is 5.86. The van der Waals surface area contributed by atoms with Gasteiger partial charge in [-0.3, -0.25) is 4.79 Å². The fourth-order valence-corrected chi connectivity index (χ4v) is 2.87. The molecular weight excluding hydrogens is 423 g/mol. The van der Waals surface area contributed by atoms with E-state index in [1.165, 1.54) is 12.1 Å². The number of hydrogen-bond acceptors (Lipinski definition) is 5. The van der Waals surface area contributed by atoms with Gasteiger partial charge in [0.25, 0.3) is 5.91 Å². The van der Waals surface area contributed by atoms with E-state index in [0.717, 1.165) is 25.3 Å². The second kappa shape index (κ2) is 8.19. The fraction of sp³-hybridized carbons (Fsp3) is 0.176. The third kappa shape index (κ3) is 4.82. The molecule has 0 bridgehead atoms. The smallest absolute Gasteiger partial charge is 0.340 e. The van der Waals surface area contributed by atoms with Crippen LogP contribution in [0.2, 0.25) is 5.02 Å². The molecule has 0 aliphatic heterocycles. The largest absolute Gasteiger partial charge is 0.449 e. The van der Waals surface area contributed by atoms with Gasteiger partial charge >= 0.3 is 5.97 Å². The summed E-state index contributed by atoms with van der Waals surface area (Å²) in [5.74, 6) is -6.96. The van der Waals surface area contributed by atoms with Crippen LogP contribution in [-0.2, 0) is 19.4 Å². The van der Waals surface area contributed by atoms with Crippen molar-refractivity contribution in [3.05, 3.63) is 58.4 Å². The molecule has 0 heterocycles. The Bertz CT molecular complexity index is 1060. The van der Waals surface area contributed by atoms with Crippen molar-refractivity contribution in [1.29, 1.82) is 0 Å². The predicted octanol–water partition coefficient (Wildman–Crippen LogP) is 3.34. The van der Waals surface area contributed by atoms with Gasteiger partial charge in [0.2, 0.25) is 0 Å². The van der Waals surface area contributed by atoms with E-state index in [0.29, 0.717) is 6.07 Å². The van der Waals surface area contributed by atoms with Crippen LogP contribution in [0.3, 0.4) is 0 Å². The summed E-state index contributed by atoms with van der Waals surface area (Å²) in [7, 11) is -3.63. The SMILES string of the molecule is C[C@H](OC(=O)c1cc(S(C)(=O)=O)ccc1Cl)C(=O)Nc1ccc(F)c(F)c1F. The highest BCUT2D eigenvalue weighted by Gasteiger charge is 2.24. The van der Waals surface area contributed by atoms with Gasteiger partial charge in [-0.2, -0.15) is 0 Å². The minimum Gasteiger partial charge on any atom is -0.449 e. The Morgan fingerprint density at radius 1 is 1.11 bits per heavy atom. The van der Waals surface area contributed by atoms with Crippen molar-refractivity contribution in [2.75, 3.05) is 11.6 Å². The number of ether oxygens (including phenoxy) is 1. The maximum absolute atomic E-state index is 13.6. The molecule has 1 N–H and O–H groups in total. The second-order valence-electron chi connectivity index (χ2n) is 5.67. The minimum atomic E-state index is -3.63. The number of hydrogen-bond donors (Lipinski definition) is 1. The van der Waals surface area contributed by atoms with Crippen molar-refractivity contribution in [1.82, 2.24) is 0 Å². The Kier molecular flexibility index (Phi) is 6.35. The third-order valence-electron chi connectivity index (χ3n) is 3.53. The number of nitrogens with one attached hydrogen (secondary N) is 1. The molecule has 150 valence electrons.